The van der Waals surface area contributed by atoms with Crippen molar-refractivity contribution in [2.24, 2.45) is 10.9 Å². The van der Waals surface area contributed by atoms with Crippen LogP contribution in [0.15, 0.2) is 53.7 Å². The number of rotatable bonds is 9. The first-order valence-electron chi connectivity index (χ1n) is 9.80. The average Bonchev–Trinajstić information content (AvgIpc) is 3.09. The molecule has 8 nitrogen and oxygen atoms in total. The summed E-state index contributed by atoms with van der Waals surface area (Å²) in [4.78, 5) is 28.8. The number of aromatic nitrogens is 1. The average molecular weight is 423 g/mol. The first kappa shape index (κ1) is 21.9. The Balaban J connectivity index is 2.30. The van der Waals surface area contributed by atoms with Crippen molar-refractivity contribution in [1.29, 1.82) is 0 Å². The predicted octanol–water partition coefficient (Wildman–Crippen LogP) is 2.64. The fourth-order valence-electron chi connectivity index (χ4n) is 3.61. The van der Waals surface area contributed by atoms with Crippen molar-refractivity contribution in [2.75, 3.05) is 20.8 Å². The SMILES string of the molecule is CCc1c(/C(=N/OC)C(N)=O)c2c(OCC(=O)OC)cccc2n1Cc1ccccc1. The monoisotopic (exact) mass is 423 g/mol. The Labute approximate surface area is 180 Å². The van der Waals surface area contributed by atoms with E-state index in [4.69, 9.17) is 15.3 Å². The van der Waals surface area contributed by atoms with Crippen molar-refractivity contribution in [1.82, 2.24) is 4.57 Å². The van der Waals surface area contributed by atoms with E-state index in [1.165, 1.54) is 14.2 Å². The van der Waals surface area contributed by atoms with Gasteiger partial charge in [-0.15, -0.1) is 0 Å². The van der Waals surface area contributed by atoms with Gasteiger partial charge in [-0.25, -0.2) is 4.79 Å². The minimum atomic E-state index is -0.724. The second-order valence-corrected chi connectivity index (χ2v) is 6.75. The highest BCUT2D eigenvalue weighted by Crippen LogP contribution is 2.35. The van der Waals surface area contributed by atoms with Gasteiger partial charge in [0.05, 0.1) is 18.0 Å². The van der Waals surface area contributed by atoms with Crippen LogP contribution in [-0.4, -0.2) is 43.0 Å². The van der Waals surface area contributed by atoms with Crippen molar-refractivity contribution in [3.8, 4) is 5.75 Å². The van der Waals surface area contributed by atoms with Crippen LogP contribution in [0.5, 0.6) is 5.75 Å². The molecule has 1 amide bonds. The quantitative estimate of drug-likeness (QED) is 0.324. The molecule has 2 N–H and O–H groups in total. The van der Waals surface area contributed by atoms with Crippen molar-refractivity contribution in [2.45, 2.75) is 19.9 Å². The normalized spacial score (nSPS) is 11.4. The van der Waals surface area contributed by atoms with Gasteiger partial charge in [0.1, 0.15) is 12.9 Å². The molecule has 3 rings (SSSR count). The second kappa shape index (κ2) is 9.80. The van der Waals surface area contributed by atoms with E-state index in [1.807, 2.05) is 49.4 Å². The fraction of sp³-hybridized carbons (Fsp3) is 0.261. The third kappa shape index (κ3) is 4.53. The largest absolute Gasteiger partial charge is 0.481 e. The predicted molar refractivity (Wildman–Crippen MR) is 117 cm³/mol. The zero-order chi connectivity index (χ0) is 22.4. The summed E-state index contributed by atoms with van der Waals surface area (Å²) >= 11 is 0. The van der Waals surface area contributed by atoms with Crippen LogP contribution in [-0.2, 0) is 32.1 Å². The maximum Gasteiger partial charge on any atom is 0.343 e. The smallest absolute Gasteiger partial charge is 0.343 e. The number of nitrogens with two attached hydrogens (primary N) is 1. The summed E-state index contributed by atoms with van der Waals surface area (Å²) in [6.45, 7) is 2.29. The highest BCUT2D eigenvalue weighted by molar-refractivity contribution is 6.47. The number of oxime groups is 1. The molecule has 0 fully saturated rings. The Kier molecular flexibility index (Phi) is 6.92. The summed E-state index contributed by atoms with van der Waals surface area (Å²) in [5.41, 5.74) is 8.93. The van der Waals surface area contributed by atoms with E-state index in [1.54, 1.807) is 6.07 Å². The van der Waals surface area contributed by atoms with Crippen molar-refractivity contribution < 1.29 is 23.9 Å². The molecule has 0 atom stereocenters. The van der Waals surface area contributed by atoms with E-state index in [-0.39, 0.29) is 12.3 Å². The summed E-state index contributed by atoms with van der Waals surface area (Å²) in [5.74, 6) is -0.818. The number of carbonyl (C=O) groups excluding carboxylic acids is 2. The third-order valence-corrected chi connectivity index (χ3v) is 4.90. The molecule has 1 heterocycles. The summed E-state index contributed by atoms with van der Waals surface area (Å²) in [7, 11) is 2.64. The van der Waals surface area contributed by atoms with E-state index in [0.29, 0.717) is 29.7 Å². The molecule has 0 aliphatic heterocycles. The lowest BCUT2D eigenvalue weighted by molar-refractivity contribution is -0.142. The number of hydrogen-bond acceptors (Lipinski definition) is 6. The van der Waals surface area contributed by atoms with Crippen LogP contribution < -0.4 is 10.5 Å². The molecular formula is C23H25N3O5. The molecule has 31 heavy (non-hydrogen) atoms. The van der Waals surface area contributed by atoms with Crippen LogP contribution in [0.3, 0.4) is 0 Å². The lowest BCUT2D eigenvalue weighted by Crippen LogP contribution is -2.26. The minimum Gasteiger partial charge on any atom is -0.481 e. The maximum absolute atomic E-state index is 12.3. The topological polar surface area (TPSA) is 105 Å². The molecule has 1 aromatic heterocycles. The highest BCUT2D eigenvalue weighted by Gasteiger charge is 2.26. The summed E-state index contributed by atoms with van der Waals surface area (Å²) < 4.78 is 12.5. The summed E-state index contributed by atoms with van der Waals surface area (Å²) in [5, 5.41) is 4.54. The van der Waals surface area contributed by atoms with Gasteiger partial charge in [-0.1, -0.05) is 48.5 Å². The van der Waals surface area contributed by atoms with E-state index >= 15 is 0 Å². The van der Waals surface area contributed by atoms with Gasteiger partial charge >= 0.3 is 5.97 Å². The number of amides is 1. The Morgan fingerprint density at radius 2 is 1.81 bits per heavy atom. The van der Waals surface area contributed by atoms with Crippen molar-refractivity contribution in [3.05, 3.63) is 65.4 Å². The van der Waals surface area contributed by atoms with Crippen molar-refractivity contribution in [3.63, 3.8) is 0 Å². The molecule has 0 aliphatic carbocycles. The number of primary amides is 1. The number of ether oxygens (including phenoxy) is 2. The van der Waals surface area contributed by atoms with Gasteiger partial charge in [0.15, 0.2) is 12.3 Å². The molecule has 0 spiro atoms. The first-order chi connectivity index (χ1) is 15.0. The highest BCUT2D eigenvalue weighted by atomic mass is 16.6. The maximum atomic E-state index is 12.3. The molecule has 0 unspecified atom stereocenters. The van der Waals surface area contributed by atoms with Gasteiger partial charge in [0.2, 0.25) is 0 Å². The standard InChI is InChI=1S/C23H25N3O5/c1-4-16-21(22(23(24)28)25-30-3)20-17(26(16)13-15-9-6-5-7-10-15)11-8-12-18(20)31-14-19(27)29-2/h5-12H,4,13-14H2,1-3H3,(H2,24,28)/b25-22-. The van der Waals surface area contributed by atoms with Crippen LogP contribution >= 0.6 is 0 Å². The van der Waals surface area contributed by atoms with Crippen LogP contribution in [0.2, 0.25) is 0 Å². The molecule has 162 valence electrons. The molecule has 0 saturated heterocycles. The molecule has 8 heteroatoms. The Bertz CT molecular complexity index is 1120. The van der Waals surface area contributed by atoms with Gasteiger partial charge < -0.3 is 24.6 Å². The van der Waals surface area contributed by atoms with Crippen molar-refractivity contribution >= 4 is 28.5 Å². The minimum absolute atomic E-state index is 0.00900. The number of nitrogens with zero attached hydrogens (tertiary/aromatic N) is 2. The zero-order valence-electron chi connectivity index (χ0n) is 17.8. The van der Waals surface area contributed by atoms with E-state index in [2.05, 4.69) is 14.5 Å². The fourth-order valence-corrected chi connectivity index (χ4v) is 3.61. The van der Waals surface area contributed by atoms with Crippen LogP contribution in [0.25, 0.3) is 10.9 Å². The van der Waals surface area contributed by atoms with Gasteiger partial charge in [-0.05, 0) is 24.1 Å². The molecule has 0 aliphatic rings. The second-order valence-electron chi connectivity index (χ2n) is 6.75. The summed E-state index contributed by atoms with van der Waals surface area (Å²) in [6, 6.07) is 15.4. The van der Waals surface area contributed by atoms with Crippen LogP contribution in [0, 0.1) is 0 Å². The van der Waals surface area contributed by atoms with E-state index in [9.17, 15) is 9.59 Å². The van der Waals surface area contributed by atoms with Gasteiger partial charge in [-0.3, -0.25) is 4.79 Å². The number of esters is 1. The summed E-state index contributed by atoms with van der Waals surface area (Å²) in [6.07, 6.45) is 0.600. The molecule has 3 aromatic rings. The molecule has 0 bridgehead atoms. The lowest BCUT2D eigenvalue weighted by Gasteiger charge is -2.11. The first-order valence-corrected chi connectivity index (χ1v) is 9.80. The number of fused-ring (bicyclic) bond motifs is 1. The molecule has 2 aromatic carbocycles. The lowest BCUT2D eigenvalue weighted by atomic mass is 10.0. The van der Waals surface area contributed by atoms with Crippen LogP contribution in [0.4, 0.5) is 0 Å². The van der Waals surface area contributed by atoms with Gasteiger partial charge in [0.25, 0.3) is 5.91 Å². The molecule has 0 radical (unpaired) electrons. The Morgan fingerprint density at radius 3 is 2.42 bits per heavy atom. The van der Waals surface area contributed by atoms with E-state index < -0.39 is 11.9 Å². The number of carbonyl (C=O) groups is 2. The van der Waals surface area contributed by atoms with E-state index in [0.717, 1.165) is 16.8 Å². The molecule has 0 saturated carbocycles. The number of hydrogen-bond donors (Lipinski definition) is 1. The number of benzene rings is 2. The zero-order valence-corrected chi connectivity index (χ0v) is 17.8. The van der Waals surface area contributed by atoms with Crippen LogP contribution in [0.1, 0.15) is 23.7 Å². The third-order valence-electron chi connectivity index (χ3n) is 4.90. The Hall–Kier alpha value is -3.81. The van der Waals surface area contributed by atoms with Gasteiger partial charge in [-0.2, -0.15) is 0 Å². The Morgan fingerprint density at radius 1 is 1.06 bits per heavy atom. The molecular weight excluding hydrogens is 398 g/mol. The van der Waals surface area contributed by atoms with Gasteiger partial charge in [0, 0.05) is 17.8 Å². The number of methoxy groups -OCH3 is 1.